The van der Waals surface area contributed by atoms with Gasteiger partial charge in [-0.25, -0.2) is 0 Å². The summed E-state index contributed by atoms with van der Waals surface area (Å²) in [6.07, 6.45) is 0.0722. The van der Waals surface area contributed by atoms with Gasteiger partial charge in [-0.05, 0) is 38.6 Å². The molecule has 0 bridgehead atoms. The molecule has 1 rings (SSSR count). The van der Waals surface area contributed by atoms with E-state index in [9.17, 15) is 0 Å². The summed E-state index contributed by atoms with van der Waals surface area (Å²) in [6.45, 7) is 7.59. The monoisotopic (exact) mass is 271 g/mol. The highest BCUT2D eigenvalue weighted by Crippen LogP contribution is 2.28. The second-order valence-electron chi connectivity index (χ2n) is 4.32. The summed E-state index contributed by atoms with van der Waals surface area (Å²) in [5.74, 6) is 0.858. The van der Waals surface area contributed by atoms with Gasteiger partial charge in [0, 0.05) is 23.7 Å². The van der Waals surface area contributed by atoms with Gasteiger partial charge in [-0.2, -0.15) is 0 Å². The Morgan fingerprint density at radius 1 is 1.33 bits per heavy atom. The molecule has 4 heteroatoms. The zero-order chi connectivity index (χ0) is 13.5. The molecule has 18 heavy (non-hydrogen) atoms. The lowest BCUT2D eigenvalue weighted by Crippen LogP contribution is -2.20. The Morgan fingerprint density at radius 2 is 2.06 bits per heavy atom. The topological polar surface area (TPSA) is 30.5 Å². The van der Waals surface area contributed by atoms with Gasteiger partial charge in [0.1, 0.15) is 12.4 Å². The maximum Gasteiger partial charge on any atom is 0.124 e. The Kier molecular flexibility index (Phi) is 6.47. The van der Waals surface area contributed by atoms with E-state index in [1.807, 2.05) is 25.1 Å². The van der Waals surface area contributed by atoms with Crippen LogP contribution in [0.25, 0.3) is 0 Å². The lowest BCUT2D eigenvalue weighted by Gasteiger charge is -2.19. The van der Waals surface area contributed by atoms with Crippen molar-refractivity contribution in [2.75, 3.05) is 20.3 Å². The van der Waals surface area contributed by atoms with Crippen LogP contribution < -0.4 is 10.1 Å². The molecule has 3 nitrogen and oxygen atoms in total. The number of hydrogen-bond donors (Lipinski definition) is 1. The van der Waals surface area contributed by atoms with Gasteiger partial charge in [0.15, 0.2) is 0 Å². The van der Waals surface area contributed by atoms with E-state index >= 15 is 0 Å². The molecule has 0 saturated heterocycles. The van der Waals surface area contributed by atoms with Gasteiger partial charge in [0.25, 0.3) is 0 Å². The fraction of sp³-hybridized carbons (Fsp3) is 0.571. The third-order valence-electron chi connectivity index (χ3n) is 2.82. The number of ether oxygens (including phenoxy) is 2. The van der Waals surface area contributed by atoms with Gasteiger partial charge in [-0.1, -0.05) is 18.5 Å². The number of hydrogen-bond acceptors (Lipinski definition) is 3. The molecule has 0 aliphatic carbocycles. The molecule has 2 unspecified atom stereocenters. The summed E-state index contributed by atoms with van der Waals surface area (Å²) in [5.41, 5.74) is 1.08. The summed E-state index contributed by atoms with van der Waals surface area (Å²) in [6, 6.07) is 5.91. The Bertz CT molecular complexity index is 371. The molecular weight excluding hydrogens is 250 g/mol. The van der Waals surface area contributed by atoms with Gasteiger partial charge >= 0.3 is 0 Å². The van der Waals surface area contributed by atoms with E-state index in [4.69, 9.17) is 21.1 Å². The number of benzene rings is 1. The third kappa shape index (κ3) is 4.48. The summed E-state index contributed by atoms with van der Waals surface area (Å²) in [5, 5.41) is 4.09. The SMILES string of the molecule is CCNC(C)c1cc(Cl)ccc1OCC(C)OC. The molecule has 0 saturated carbocycles. The fourth-order valence-electron chi connectivity index (χ4n) is 1.68. The van der Waals surface area contributed by atoms with Crippen molar-refractivity contribution in [3.63, 3.8) is 0 Å². The molecule has 0 fully saturated rings. The zero-order valence-corrected chi connectivity index (χ0v) is 12.3. The third-order valence-corrected chi connectivity index (χ3v) is 3.06. The molecule has 0 aliphatic heterocycles. The van der Waals surface area contributed by atoms with Crippen molar-refractivity contribution in [3.8, 4) is 5.75 Å². The molecule has 0 amide bonds. The molecule has 0 aromatic heterocycles. The van der Waals surface area contributed by atoms with Gasteiger partial charge < -0.3 is 14.8 Å². The van der Waals surface area contributed by atoms with Crippen molar-refractivity contribution in [2.24, 2.45) is 0 Å². The predicted octanol–water partition coefficient (Wildman–Crippen LogP) is 3.42. The Morgan fingerprint density at radius 3 is 2.67 bits per heavy atom. The first kappa shape index (κ1) is 15.3. The van der Waals surface area contributed by atoms with Crippen molar-refractivity contribution in [1.82, 2.24) is 5.32 Å². The van der Waals surface area contributed by atoms with Crippen LogP contribution >= 0.6 is 11.6 Å². The number of nitrogens with one attached hydrogen (secondary N) is 1. The highest BCUT2D eigenvalue weighted by molar-refractivity contribution is 6.30. The first-order valence-electron chi connectivity index (χ1n) is 6.26. The van der Waals surface area contributed by atoms with Crippen molar-refractivity contribution < 1.29 is 9.47 Å². The summed E-state index contributed by atoms with van der Waals surface area (Å²) in [7, 11) is 1.68. The Hall–Kier alpha value is -0.770. The van der Waals surface area contributed by atoms with Crippen molar-refractivity contribution in [1.29, 1.82) is 0 Å². The highest BCUT2D eigenvalue weighted by Gasteiger charge is 2.12. The normalized spacial score (nSPS) is 14.3. The smallest absolute Gasteiger partial charge is 0.124 e. The summed E-state index contributed by atoms with van der Waals surface area (Å²) >= 11 is 6.04. The number of halogens is 1. The second-order valence-corrected chi connectivity index (χ2v) is 4.76. The van der Waals surface area contributed by atoms with E-state index in [1.54, 1.807) is 7.11 Å². The quantitative estimate of drug-likeness (QED) is 0.824. The minimum atomic E-state index is 0.0722. The minimum Gasteiger partial charge on any atom is -0.491 e. The van der Waals surface area contributed by atoms with Crippen molar-refractivity contribution >= 4 is 11.6 Å². The average molecular weight is 272 g/mol. The van der Waals surface area contributed by atoms with E-state index in [0.717, 1.165) is 22.9 Å². The van der Waals surface area contributed by atoms with Gasteiger partial charge in [0.05, 0.1) is 6.10 Å². The number of rotatable bonds is 7. The maximum atomic E-state index is 6.04. The van der Waals surface area contributed by atoms with Crippen LogP contribution in [0.5, 0.6) is 5.75 Å². The molecule has 0 heterocycles. The summed E-state index contributed by atoms with van der Waals surface area (Å²) < 4.78 is 11.0. The van der Waals surface area contributed by atoms with Crippen molar-refractivity contribution in [2.45, 2.75) is 32.9 Å². The molecule has 1 N–H and O–H groups in total. The van der Waals surface area contributed by atoms with Crippen LogP contribution in [0, 0.1) is 0 Å². The Balaban J connectivity index is 2.82. The molecule has 0 radical (unpaired) electrons. The molecule has 2 atom stereocenters. The van der Waals surface area contributed by atoms with Crippen LogP contribution in [-0.2, 0) is 4.74 Å². The molecular formula is C14H22ClNO2. The first-order chi connectivity index (χ1) is 8.58. The lowest BCUT2D eigenvalue weighted by atomic mass is 10.1. The van der Waals surface area contributed by atoms with E-state index < -0.39 is 0 Å². The fourth-order valence-corrected chi connectivity index (χ4v) is 1.86. The van der Waals surface area contributed by atoms with Crippen LogP contribution in [0.3, 0.4) is 0 Å². The van der Waals surface area contributed by atoms with Gasteiger partial charge in [-0.15, -0.1) is 0 Å². The molecule has 0 aliphatic rings. The van der Waals surface area contributed by atoms with E-state index in [-0.39, 0.29) is 12.1 Å². The molecule has 0 spiro atoms. The van der Waals surface area contributed by atoms with Crippen LogP contribution in [-0.4, -0.2) is 26.4 Å². The minimum absolute atomic E-state index is 0.0722. The van der Waals surface area contributed by atoms with E-state index in [1.165, 1.54) is 0 Å². The van der Waals surface area contributed by atoms with Crippen molar-refractivity contribution in [3.05, 3.63) is 28.8 Å². The molecule has 1 aromatic carbocycles. The van der Waals surface area contributed by atoms with Crippen LogP contribution in [0.1, 0.15) is 32.4 Å². The molecule has 102 valence electrons. The lowest BCUT2D eigenvalue weighted by molar-refractivity contribution is 0.0711. The van der Waals surface area contributed by atoms with Crippen LogP contribution in [0.2, 0.25) is 5.02 Å². The predicted molar refractivity (Wildman–Crippen MR) is 75.5 cm³/mol. The Labute approximate surface area is 114 Å². The van der Waals surface area contributed by atoms with Gasteiger partial charge in [-0.3, -0.25) is 0 Å². The van der Waals surface area contributed by atoms with Crippen LogP contribution in [0.15, 0.2) is 18.2 Å². The van der Waals surface area contributed by atoms with Gasteiger partial charge in [0.2, 0.25) is 0 Å². The maximum absolute atomic E-state index is 6.04. The van der Waals surface area contributed by atoms with E-state index in [0.29, 0.717) is 6.61 Å². The van der Waals surface area contributed by atoms with Crippen LogP contribution in [0.4, 0.5) is 0 Å². The highest BCUT2D eigenvalue weighted by atomic mass is 35.5. The summed E-state index contributed by atoms with van der Waals surface area (Å²) in [4.78, 5) is 0. The number of methoxy groups -OCH3 is 1. The standard InChI is InChI=1S/C14H22ClNO2/c1-5-16-11(3)13-8-12(15)6-7-14(13)18-9-10(2)17-4/h6-8,10-11,16H,5,9H2,1-4H3. The first-order valence-corrected chi connectivity index (χ1v) is 6.64. The van der Waals surface area contributed by atoms with E-state index in [2.05, 4.69) is 19.2 Å². The largest absolute Gasteiger partial charge is 0.491 e. The molecule has 1 aromatic rings. The zero-order valence-electron chi connectivity index (χ0n) is 11.5. The average Bonchev–Trinajstić information content (AvgIpc) is 2.37. The second kappa shape index (κ2) is 7.62.